The number of hydrogen-bond donors (Lipinski definition) is 1. The summed E-state index contributed by atoms with van der Waals surface area (Å²) in [6.45, 7) is 0.530. The molecule has 0 aliphatic carbocycles. The first-order chi connectivity index (χ1) is 9.33. The van der Waals surface area contributed by atoms with Crippen LogP contribution in [-0.2, 0) is 6.54 Å². The van der Waals surface area contributed by atoms with Gasteiger partial charge >= 0.3 is 116 Å². The number of rotatable bonds is 3. The average molecular weight is 316 g/mol. The van der Waals surface area contributed by atoms with Crippen molar-refractivity contribution in [1.82, 2.24) is 13.3 Å². The average Bonchev–Trinajstić information content (AvgIpc) is 2.93. The molecule has 1 amide bonds. The third kappa shape index (κ3) is 2.72. The van der Waals surface area contributed by atoms with Crippen molar-refractivity contribution >= 4 is 31.9 Å². The summed E-state index contributed by atoms with van der Waals surface area (Å²) in [6, 6.07) is 15.3. The van der Waals surface area contributed by atoms with E-state index in [0.717, 1.165) is 16.6 Å². The Kier molecular flexibility index (Phi) is 3.40. The van der Waals surface area contributed by atoms with Gasteiger partial charge in [0.1, 0.15) is 0 Å². The van der Waals surface area contributed by atoms with Crippen molar-refractivity contribution in [3.8, 4) is 0 Å². The van der Waals surface area contributed by atoms with Crippen LogP contribution < -0.4 is 5.32 Å². The summed E-state index contributed by atoms with van der Waals surface area (Å²) in [4.78, 5) is 12.0. The Labute approximate surface area is 116 Å². The first-order valence-corrected chi connectivity index (χ1v) is 7.40. The number of aromatic nitrogens is 2. The van der Waals surface area contributed by atoms with Crippen LogP contribution in [0, 0.1) is 0 Å². The molecule has 0 unspecified atom stereocenters. The van der Waals surface area contributed by atoms with Crippen LogP contribution in [-0.4, -0.2) is 28.8 Å². The van der Waals surface area contributed by atoms with Crippen molar-refractivity contribution in [1.29, 1.82) is 0 Å². The quantitative estimate of drug-likeness (QED) is 0.747. The van der Waals surface area contributed by atoms with E-state index >= 15 is 0 Å². The van der Waals surface area contributed by atoms with Gasteiger partial charge in [-0.3, -0.25) is 0 Å². The number of benzene rings is 2. The third-order valence-corrected chi connectivity index (χ3v) is 3.98. The Morgan fingerprint density at radius 1 is 1.05 bits per heavy atom. The van der Waals surface area contributed by atoms with Gasteiger partial charge in [0.05, 0.1) is 0 Å². The zero-order valence-electron chi connectivity index (χ0n) is 10.0. The van der Waals surface area contributed by atoms with Gasteiger partial charge in [0, 0.05) is 0 Å². The molecule has 0 bridgehead atoms. The molecule has 19 heavy (non-hydrogen) atoms. The molecule has 4 nitrogen and oxygen atoms in total. The topological polar surface area (TPSA) is 54.9 Å². The standard InChI is InChI=1S/C14H11N3OSe/c18-14(15-9-10-4-2-1-3-5-10)11-6-7-12-13(8-11)17-19-16-12/h1-8H,9H2,(H,15,18). The monoisotopic (exact) mass is 317 g/mol. The Balaban J connectivity index is 1.73. The molecule has 0 atom stereocenters. The molecule has 3 rings (SSSR count). The van der Waals surface area contributed by atoms with E-state index in [4.69, 9.17) is 0 Å². The third-order valence-electron chi connectivity index (χ3n) is 2.81. The second kappa shape index (κ2) is 5.34. The van der Waals surface area contributed by atoms with Gasteiger partial charge in [-0.15, -0.1) is 0 Å². The minimum atomic E-state index is -0.0822. The molecule has 0 aliphatic heterocycles. The van der Waals surface area contributed by atoms with E-state index in [1.807, 2.05) is 36.4 Å². The zero-order chi connectivity index (χ0) is 13.1. The summed E-state index contributed by atoms with van der Waals surface area (Å²) in [5.74, 6) is -0.0822. The maximum absolute atomic E-state index is 12.0. The van der Waals surface area contributed by atoms with Gasteiger partial charge in [-0.2, -0.15) is 0 Å². The molecule has 94 valence electrons. The molecule has 0 radical (unpaired) electrons. The van der Waals surface area contributed by atoms with Gasteiger partial charge in [0.25, 0.3) is 0 Å². The first-order valence-electron chi connectivity index (χ1n) is 5.87. The van der Waals surface area contributed by atoms with Crippen LogP contribution in [0.3, 0.4) is 0 Å². The van der Waals surface area contributed by atoms with Crippen LogP contribution in [0.15, 0.2) is 48.5 Å². The number of fused-ring (bicyclic) bond motifs is 1. The predicted octanol–water partition coefficient (Wildman–Crippen LogP) is 1.62. The Morgan fingerprint density at radius 3 is 2.68 bits per heavy atom. The number of nitrogens with one attached hydrogen (secondary N) is 1. The summed E-state index contributed by atoms with van der Waals surface area (Å²) < 4.78 is 8.53. The van der Waals surface area contributed by atoms with Crippen LogP contribution in [0.2, 0.25) is 0 Å². The molecule has 0 aliphatic rings. The maximum atomic E-state index is 12.0. The minimum absolute atomic E-state index is 0.0541. The van der Waals surface area contributed by atoms with Crippen molar-refractivity contribution in [3.05, 3.63) is 59.7 Å². The first kappa shape index (κ1) is 12.1. The molecule has 3 aromatic rings. The van der Waals surface area contributed by atoms with Crippen molar-refractivity contribution in [3.63, 3.8) is 0 Å². The molecule has 0 spiro atoms. The van der Waals surface area contributed by atoms with E-state index in [-0.39, 0.29) is 20.9 Å². The van der Waals surface area contributed by atoms with E-state index in [1.165, 1.54) is 0 Å². The van der Waals surface area contributed by atoms with Gasteiger partial charge in [-0.25, -0.2) is 0 Å². The van der Waals surface area contributed by atoms with Gasteiger partial charge in [0.15, 0.2) is 0 Å². The fourth-order valence-corrected chi connectivity index (χ4v) is 2.89. The van der Waals surface area contributed by atoms with Gasteiger partial charge in [0.2, 0.25) is 0 Å². The molecule has 0 saturated heterocycles. The molecule has 0 fully saturated rings. The van der Waals surface area contributed by atoms with Crippen LogP contribution in [0.5, 0.6) is 0 Å². The van der Waals surface area contributed by atoms with E-state index < -0.39 is 0 Å². The van der Waals surface area contributed by atoms with Crippen LogP contribution >= 0.6 is 0 Å². The second-order valence-electron chi connectivity index (χ2n) is 4.14. The summed E-state index contributed by atoms with van der Waals surface area (Å²) in [7, 11) is 0. The van der Waals surface area contributed by atoms with Crippen molar-refractivity contribution in [2.75, 3.05) is 0 Å². The van der Waals surface area contributed by atoms with Gasteiger partial charge in [-0.1, -0.05) is 0 Å². The van der Waals surface area contributed by atoms with Crippen LogP contribution in [0.1, 0.15) is 15.9 Å². The van der Waals surface area contributed by atoms with Crippen molar-refractivity contribution in [2.45, 2.75) is 6.54 Å². The summed E-state index contributed by atoms with van der Waals surface area (Å²) in [5, 5.41) is 2.90. The number of amides is 1. The van der Waals surface area contributed by atoms with Gasteiger partial charge in [-0.05, 0) is 0 Å². The molecule has 2 aromatic carbocycles. The van der Waals surface area contributed by atoms with E-state index in [1.54, 1.807) is 12.1 Å². The molecule has 1 N–H and O–H groups in total. The van der Waals surface area contributed by atoms with E-state index in [0.29, 0.717) is 12.1 Å². The predicted molar refractivity (Wildman–Crippen MR) is 74.1 cm³/mol. The summed E-state index contributed by atoms with van der Waals surface area (Å²) >= 11 is -0.0541. The van der Waals surface area contributed by atoms with Crippen molar-refractivity contribution < 1.29 is 4.79 Å². The zero-order valence-corrected chi connectivity index (χ0v) is 11.7. The number of carbonyl (C=O) groups is 1. The molecule has 0 saturated carbocycles. The summed E-state index contributed by atoms with van der Waals surface area (Å²) in [5.41, 5.74) is 3.43. The van der Waals surface area contributed by atoms with Gasteiger partial charge < -0.3 is 0 Å². The summed E-state index contributed by atoms with van der Waals surface area (Å²) in [6.07, 6.45) is 0. The van der Waals surface area contributed by atoms with E-state index in [9.17, 15) is 4.79 Å². The molecule has 1 aromatic heterocycles. The molecular formula is C14H11N3OSe. The molecule has 5 heteroatoms. The fraction of sp³-hybridized carbons (Fsp3) is 0.0714. The fourth-order valence-electron chi connectivity index (χ4n) is 1.80. The molecule has 1 heterocycles. The number of carbonyl (C=O) groups excluding carboxylic acids is 1. The number of nitrogens with zero attached hydrogens (tertiary/aromatic N) is 2. The number of hydrogen-bond acceptors (Lipinski definition) is 3. The molecular weight excluding hydrogens is 305 g/mol. The van der Waals surface area contributed by atoms with Crippen LogP contribution in [0.4, 0.5) is 0 Å². The Morgan fingerprint density at radius 2 is 1.84 bits per heavy atom. The van der Waals surface area contributed by atoms with E-state index in [2.05, 4.69) is 13.3 Å². The Bertz CT molecular complexity index is 709. The van der Waals surface area contributed by atoms with Crippen LogP contribution in [0.25, 0.3) is 11.0 Å². The normalized spacial score (nSPS) is 10.5. The SMILES string of the molecule is O=C(NCc1ccccc1)c1ccc2n[se]nc2c1. The second-order valence-corrected chi connectivity index (χ2v) is 5.24. The van der Waals surface area contributed by atoms with Crippen molar-refractivity contribution in [2.24, 2.45) is 0 Å². The Hall–Kier alpha value is -1.97.